The lowest BCUT2D eigenvalue weighted by atomic mass is 10.3. The third kappa shape index (κ3) is 3.04. The van der Waals surface area contributed by atoms with Gasteiger partial charge in [0.05, 0.1) is 18.6 Å². The molecule has 6 heteroatoms. The summed E-state index contributed by atoms with van der Waals surface area (Å²) in [6.45, 7) is -1.36. The van der Waals surface area contributed by atoms with Crippen molar-refractivity contribution in [2.24, 2.45) is 7.05 Å². The van der Waals surface area contributed by atoms with Gasteiger partial charge in [0.2, 0.25) is 0 Å². The Morgan fingerprint density at radius 2 is 2.36 bits per heavy atom. The summed E-state index contributed by atoms with van der Waals surface area (Å²) in [4.78, 5) is 3.84. The normalized spacial score (nSPS) is 12.0. The monoisotopic (exact) mass is 205 g/mol. The molecule has 0 radical (unpaired) electrons. The van der Waals surface area contributed by atoms with E-state index in [1.54, 1.807) is 24.1 Å². The number of rotatable bonds is 5. The number of imidazole rings is 1. The van der Waals surface area contributed by atoms with E-state index in [9.17, 15) is 8.78 Å². The number of nitrogens with one attached hydrogen (secondary N) is 1. The lowest BCUT2D eigenvalue weighted by molar-refractivity contribution is -0.0478. The molecule has 4 nitrogen and oxygen atoms in total. The summed E-state index contributed by atoms with van der Waals surface area (Å²) in [5.74, 6) is -3.06. The highest BCUT2D eigenvalue weighted by molar-refractivity contribution is 4.96. The van der Waals surface area contributed by atoms with E-state index < -0.39 is 19.1 Å². The van der Waals surface area contributed by atoms with Crippen molar-refractivity contribution < 1.29 is 13.9 Å². The highest BCUT2D eigenvalue weighted by Gasteiger charge is 2.26. The van der Waals surface area contributed by atoms with Gasteiger partial charge in [-0.05, 0) is 0 Å². The maximum Gasteiger partial charge on any atom is 0.282 e. The van der Waals surface area contributed by atoms with Crippen LogP contribution in [0.3, 0.4) is 0 Å². The Kier molecular flexibility index (Phi) is 3.54. The van der Waals surface area contributed by atoms with Gasteiger partial charge in [-0.25, -0.2) is 13.8 Å². The molecule has 1 rings (SSSR count). The van der Waals surface area contributed by atoms with Crippen molar-refractivity contribution >= 4 is 0 Å². The Balaban J connectivity index is 2.32. The van der Waals surface area contributed by atoms with Crippen LogP contribution in [-0.2, 0) is 13.6 Å². The van der Waals surface area contributed by atoms with Crippen molar-refractivity contribution in [1.29, 1.82) is 0 Å². The van der Waals surface area contributed by atoms with Crippen LogP contribution in [0.4, 0.5) is 8.78 Å². The Labute approximate surface area is 80.6 Å². The summed E-state index contributed by atoms with van der Waals surface area (Å²) in [6, 6.07) is 0. The molecule has 14 heavy (non-hydrogen) atoms. The molecular weight excluding hydrogens is 192 g/mol. The number of aliphatic hydroxyl groups excluding tert-OH is 1. The molecule has 2 N–H and O–H groups in total. The van der Waals surface area contributed by atoms with E-state index in [1.807, 2.05) is 0 Å². The van der Waals surface area contributed by atoms with Crippen molar-refractivity contribution in [3.05, 3.63) is 18.2 Å². The second-order valence-electron chi connectivity index (χ2n) is 3.11. The van der Waals surface area contributed by atoms with Crippen LogP contribution in [-0.4, -0.2) is 33.7 Å². The fourth-order valence-corrected chi connectivity index (χ4v) is 0.984. The number of halogens is 2. The fourth-order valence-electron chi connectivity index (χ4n) is 0.984. The molecule has 0 aliphatic carbocycles. The van der Waals surface area contributed by atoms with Gasteiger partial charge in [-0.2, -0.15) is 0 Å². The topological polar surface area (TPSA) is 50.1 Å². The van der Waals surface area contributed by atoms with Gasteiger partial charge >= 0.3 is 0 Å². The molecule has 1 aromatic heterocycles. The van der Waals surface area contributed by atoms with Crippen molar-refractivity contribution in [3.8, 4) is 0 Å². The van der Waals surface area contributed by atoms with Crippen LogP contribution in [0.15, 0.2) is 12.5 Å². The first-order valence-corrected chi connectivity index (χ1v) is 4.20. The number of nitrogens with zero attached hydrogens (tertiary/aromatic N) is 2. The molecule has 0 saturated carbocycles. The Hall–Kier alpha value is -1.01. The van der Waals surface area contributed by atoms with Crippen LogP contribution in [0.1, 0.15) is 5.69 Å². The summed E-state index contributed by atoms with van der Waals surface area (Å²) >= 11 is 0. The van der Waals surface area contributed by atoms with Crippen LogP contribution < -0.4 is 5.32 Å². The molecule has 0 saturated heterocycles. The van der Waals surface area contributed by atoms with Gasteiger partial charge in [0, 0.05) is 19.8 Å². The van der Waals surface area contributed by atoms with Gasteiger partial charge in [0.15, 0.2) is 0 Å². The van der Waals surface area contributed by atoms with E-state index in [0.717, 1.165) is 5.69 Å². The zero-order valence-corrected chi connectivity index (χ0v) is 7.87. The van der Waals surface area contributed by atoms with Gasteiger partial charge < -0.3 is 15.0 Å². The van der Waals surface area contributed by atoms with Gasteiger partial charge in [-0.3, -0.25) is 0 Å². The summed E-state index contributed by atoms with van der Waals surface area (Å²) in [5.41, 5.74) is 0.818. The molecule has 0 spiro atoms. The molecule has 0 unspecified atom stereocenters. The molecule has 1 heterocycles. The standard InChI is InChI=1S/C8H13F2N3O/c1-13-6-12-3-7(13)2-11-4-8(9,10)5-14/h3,6,11,14H,2,4-5H2,1H3. The predicted octanol–water partition coefficient (Wildman–Crippen LogP) is 0.137. The second kappa shape index (κ2) is 4.47. The lowest BCUT2D eigenvalue weighted by Crippen LogP contribution is -2.35. The number of aliphatic hydroxyl groups is 1. The van der Waals surface area contributed by atoms with Gasteiger partial charge in [0.25, 0.3) is 5.92 Å². The molecule has 0 fully saturated rings. The zero-order valence-electron chi connectivity index (χ0n) is 7.87. The van der Waals surface area contributed by atoms with E-state index in [4.69, 9.17) is 5.11 Å². The maximum atomic E-state index is 12.5. The maximum absolute atomic E-state index is 12.5. The van der Waals surface area contributed by atoms with Crippen LogP contribution >= 0.6 is 0 Å². The van der Waals surface area contributed by atoms with E-state index in [-0.39, 0.29) is 0 Å². The molecule has 0 aliphatic rings. The minimum absolute atomic E-state index is 0.312. The molecule has 0 aromatic carbocycles. The minimum Gasteiger partial charge on any atom is -0.390 e. The predicted molar refractivity (Wildman–Crippen MR) is 46.9 cm³/mol. The largest absolute Gasteiger partial charge is 0.390 e. The summed E-state index contributed by atoms with van der Waals surface area (Å²) in [7, 11) is 1.79. The Morgan fingerprint density at radius 1 is 1.64 bits per heavy atom. The van der Waals surface area contributed by atoms with Gasteiger partial charge in [0.1, 0.15) is 6.61 Å². The number of alkyl halides is 2. The van der Waals surface area contributed by atoms with E-state index in [0.29, 0.717) is 6.54 Å². The molecule has 0 aliphatic heterocycles. The van der Waals surface area contributed by atoms with Crippen molar-refractivity contribution in [2.45, 2.75) is 12.5 Å². The number of hydrogen-bond donors (Lipinski definition) is 2. The quantitative estimate of drug-likeness (QED) is 0.718. The number of hydrogen-bond acceptors (Lipinski definition) is 3. The summed E-state index contributed by atoms with van der Waals surface area (Å²) < 4.78 is 26.8. The summed E-state index contributed by atoms with van der Waals surface area (Å²) in [5, 5.41) is 10.8. The highest BCUT2D eigenvalue weighted by atomic mass is 19.3. The molecule has 1 aromatic rings. The van der Waals surface area contributed by atoms with Gasteiger partial charge in [-0.1, -0.05) is 0 Å². The van der Waals surface area contributed by atoms with Crippen LogP contribution in [0.2, 0.25) is 0 Å². The lowest BCUT2D eigenvalue weighted by Gasteiger charge is -2.13. The van der Waals surface area contributed by atoms with Crippen LogP contribution in [0, 0.1) is 0 Å². The van der Waals surface area contributed by atoms with Gasteiger partial charge in [-0.15, -0.1) is 0 Å². The first-order chi connectivity index (χ1) is 6.55. The molecule has 0 bridgehead atoms. The third-order valence-corrected chi connectivity index (χ3v) is 1.84. The SMILES string of the molecule is Cn1cncc1CNCC(F)(F)CO. The Bertz CT molecular complexity index is 288. The Morgan fingerprint density at radius 3 is 2.86 bits per heavy atom. The average molecular weight is 205 g/mol. The smallest absolute Gasteiger partial charge is 0.282 e. The molecule has 0 amide bonds. The first-order valence-electron chi connectivity index (χ1n) is 4.20. The zero-order chi connectivity index (χ0) is 10.6. The van der Waals surface area contributed by atoms with Crippen LogP contribution in [0.5, 0.6) is 0 Å². The molecule has 80 valence electrons. The number of aryl methyl sites for hydroxylation is 1. The second-order valence-corrected chi connectivity index (χ2v) is 3.11. The molecular formula is C8H13F2N3O. The molecule has 0 atom stereocenters. The van der Waals surface area contributed by atoms with Crippen LogP contribution in [0.25, 0.3) is 0 Å². The van der Waals surface area contributed by atoms with E-state index >= 15 is 0 Å². The third-order valence-electron chi connectivity index (χ3n) is 1.84. The number of aromatic nitrogens is 2. The van der Waals surface area contributed by atoms with Crippen molar-refractivity contribution in [1.82, 2.24) is 14.9 Å². The van der Waals surface area contributed by atoms with Crippen molar-refractivity contribution in [3.63, 3.8) is 0 Å². The fraction of sp³-hybridized carbons (Fsp3) is 0.625. The highest BCUT2D eigenvalue weighted by Crippen LogP contribution is 2.10. The minimum atomic E-state index is -3.06. The van der Waals surface area contributed by atoms with E-state index in [2.05, 4.69) is 10.3 Å². The first kappa shape index (κ1) is 11.1. The van der Waals surface area contributed by atoms with E-state index in [1.165, 1.54) is 0 Å². The summed E-state index contributed by atoms with van der Waals surface area (Å²) in [6.07, 6.45) is 3.20. The van der Waals surface area contributed by atoms with Crippen molar-refractivity contribution in [2.75, 3.05) is 13.2 Å². The average Bonchev–Trinajstić information content (AvgIpc) is 2.52.